The summed E-state index contributed by atoms with van der Waals surface area (Å²) < 4.78 is 8.53. The smallest absolute Gasteiger partial charge is 0.332 e. The maximum absolute atomic E-state index is 10.2. The van der Waals surface area contributed by atoms with E-state index in [-0.39, 0.29) is 10.5 Å². The lowest BCUT2D eigenvalue weighted by molar-refractivity contribution is -0.136. The van der Waals surface area contributed by atoms with E-state index in [0.717, 1.165) is 6.08 Å². The van der Waals surface area contributed by atoms with Crippen molar-refractivity contribution in [2.24, 2.45) is 0 Å². The van der Waals surface area contributed by atoms with Crippen LogP contribution in [-0.2, 0) is 19.1 Å². The number of rotatable bonds is 2. The quantitative estimate of drug-likeness (QED) is 0.577. The van der Waals surface area contributed by atoms with Crippen molar-refractivity contribution < 1.29 is 19.1 Å². The molecule has 0 saturated carbocycles. The summed E-state index contributed by atoms with van der Waals surface area (Å²) in [6.45, 7) is 11.2. The topological polar surface area (TPSA) is 52.6 Å². The van der Waals surface area contributed by atoms with E-state index < -0.39 is 5.97 Å². The van der Waals surface area contributed by atoms with Gasteiger partial charge in [-0.2, -0.15) is 0 Å². The van der Waals surface area contributed by atoms with Crippen LogP contribution in [0.2, 0.25) is 0 Å². The van der Waals surface area contributed by atoms with E-state index in [4.69, 9.17) is 23.2 Å². The molecule has 0 amide bonds. The second-order valence-electron chi connectivity index (χ2n) is 2.34. The Morgan fingerprint density at radius 2 is 1.47 bits per heavy atom. The fourth-order valence-corrected chi connectivity index (χ4v) is 0.258. The van der Waals surface area contributed by atoms with Crippen molar-refractivity contribution in [2.45, 2.75) is 6.92 Å². The van der Waals surface area contributed by atoms with Crippen molar-refractivity contribution in [1.82, 2.24) is 0 Å². The highest BCUT2D eigenvalue weighted by Crippen LogP contribution is 1.98. The molecule has 0 heterocycles. The maximum Gasteiger partial charge on any atom is 0.332 e. The third-order valence-corrected chi connectivity index (χ3v) is 0.902. The molecule has 0 aliphatic heterocycles. The van der Waals surface area contributed by atoms with Crippen LogP contribution in [0, 0.1) is 0 Å². The van der Waals surface area contributed by atoms with E-state index >= 15 is 0 Å². The Kier molecular flexibility index (Phi) is 18.3. The van der Waals surface area contributed by atoms with Gasteiger partial charge in [0.05, 0.1) is 18.7 Å². The van der Waals surface area contributed by atoms with Gasteiger partial charge in [0, 0.05) is 11.6 Å². The highest BCUT2D eigenvalue weighted by molar-refractivity contribution is 6.55. The summed E-state index contributed by atoms with van der Waals surface area (Å²) in [6.07, 6.45) is 1.11. The van der Waals surface area contributed by atoms with Gasteiger partial charge in [0.25, 0.3) is 0 Å². The van der Waals surface area contributed by atoms with Gasteiger partial charge in [-0.1, -0.05) is 42.9 Å². The number of hydrogen-bond acceptors (Lipinski definition) is 4. The monoisotopic (exact) mass is 282 g/mol. The first-order valence-electron chi connectivity index (χ1n) is 4.16. The van der Waals surface area contributed by atoms with Gasteiger partial charge in [-0.25, -0.2) is 9.59 Å². The van der Waals surface area contributed by atoms with Gasteiger partial charge in [-0.3, -0.25) is 0 Å². The predicted octanol–water partition coefficient (Wildman–Crippen LogP) is 3.02. The summed E-state index contributed by atoms with van der Waals surface area (Å²) in [7, 11) is 2.64. The van der Waals surface area contributed by atoms with Crippen LogP contribution in [0.15, 0.2) is 35.9 Å². The number of carbonyl (C=O) groups is 2. The summed E-state index contributed by atoms with van der Waals surface area (Å²) in [4.78, 5) is 20.0. The highest BCUT2D eigenvalue weighted by Gasteiger charge is 1.95. The standard InChI is InChI=1S/C5H8O2.C4H6O2.C2H2Cl2/c1-4(2)5(6)7-3;1-3-4(5)6-2;1-2(3)4/h1H2,2-3H3;3H,1H2,2H3;1H2. The molecule has 0 saturated heterocycles. The zero-order valence-electron chi connectivity index (χ0n) is 10.1. The summed E-state index contributed by atoms with van der Waals surface area (Å²) in [5.74, 6) is -0.741. The third-order valence-electron chi connectivity index (χ3n) is 0.902. The van der Waals surface area contributed by atoms with Gasteiger partial charge in [0.1, 0.15) is 0 Å². The summed E-state index contributed by atoms with van der Waals surface area (Å²) in [5.41, 5.74) is 0.433. The number of esters is 2. The van der Waals surface area contributed by atoms with Crippen LogP contribution in [0.4, 0.5) is 0 Å². The Balaban J connectivity index is -0.000000180. The second-order valence-corrected chi connectivity index (χ2v) is 3.44. The fraction of sp³-hybridized carbons (Fsp3) is 0.273. The average Bonchev–Trinajstić information content (AvgIpc) is 2.26. The van der Waals surface area contributed by atoms with Crippen molar-refractivity contribution in [1.29, 1.82) is 0 Å². The maximum atomic E-state index is 10.2. The molecular weight excluding hydrogens is 267 g/mol. The number of methoxy groups -OCH3 is 2. The first kappa shape index (κ1) is 21.1. The first-order valence-corrected chi connectivity index (χ1v) is 4.92. The molecule has 0 aliphatic rings. The van der Waals surface area contributed by atoms with Gasteiger partial charge in [-0.05, 0) is 6.92 Å². The molecule has 0 aliphatic carbocycles. The van der Waals surface area contributed by atoms with Gasteiger partial charge >= 0.3 is 11.9 Å². The molecule has 0 aromatic rings. The lowest BCUT2D eigenvalue weighted by Gasteiger charge is -1.91. The van der Waals surface area contributed by atoms with Gasteiger partial charge < -0.3 is 9.47 Å². The van der Waals surface area contributed by atoms with Gasteiger partial charge in [0.15, 0.2) is 0 Å². The van der Waals surface area contributed by atoms with Gasteiger partial charge in [-0.15, -0.1) is 0 Å². The van der Waals surface area contributed by atoms with E-state index in [0.29, 0.717) is 5.57 Å². The summed E-state index contributed by atoms with van der Waals surface area (Å²) in [6, 6.07) is 0. The van der Waals surface area contributed by atoms with E-state index in [9.17, 15) is 9.59 Å². The minimum atomic E-state index is -0.394. The Bertz CT molecular complexity index is 281. The molecular formula is C11H16Cl2O4. The Morgan fingerprint density at radius 3 is 1.47 bits per heavy atom. The molecule has 4 nitrogen and oxygen atoms in total. The summed E-state index contributed by atoms with van der Waals surface area (Å²) in [5, 5.41) is 0. The van der Waals surface area contributed by atoms with Crippen LogP contribution in [0.1, 0.15) is 6.92 Å². The number of carbonyl (C=O) groups excluding carboxylic acids is 2. The first-order chi connectivity index (χ1) is 7.72. The molecule has 0 N–H and O–H groups in total. The number of halogens is 2. The molecule has 0 aromatic heterocycles. The fourth-order valence-electron chi connectivity index (χ4n) is 0.258. The SMILES string of the molecule is C=C(C)C(=O)OC.C=C(Cl)Cl.C=CC(=O)OC. The molecule has 6 heteroatoms. The Morgan fingerprint density at radius 1 is 1.12 bits per heavy atom. The molecule has 0 rings (SSSR count). The third kappa shape index (κ3) is 31.3. The normalized spacial score (nSPS) is 7.12. The minimum absolute atomic E-state index is 0.111. The lowest BCUT2D eigenvalue weighted by Crippen LogP contribution is -1.98. The molecule has 0 atom stereocenters. The molecule has 0 fully saturated rings. The molecule has 0 bridgehead atoms. The molecule has 98 valence electrons. The molecule has 17 heavy (non-hydrogen) atoms. The minimum Gasteiger partial charge on any atom is -0.466 e. The zero-order valence-corrected chi connectivity index (χ0v) is 11.6. The molecule has 0 radical (unpaired) electrons. The van der Waals surface area contributed by atoms with Crippen molar-refractivity contribution in [3.05, 3.63) is 35.9 Å². The van der Waals surface area contributed by atoms with E-state index in [1.54, 1.807) is 6.92 Å². The van der Waals surface area contributed by atoms with E-state index in [1.165, 1.54) is 14.2 Å². The number of ether oxygens (including phenoxy) is 2. The van der Waals surface area contributed by atoms with Crippen molar-refractivity contribution in [3.63, 3.8) is 0 Å². The highest BCUT2D eigenvalue weighted by atomic mass is 35.5. The summed E-state index contributed by atoms with van der Waals surface area (Å²) >= 11 is 9.69. The van der Waals surface area contributed by atoms with E-state index in [1.807, 2.05) is 0 Å². The van der Waals surface area contributed by atoms with Crippen LogP contribution < -0.4 is 0 Å². The van der Waals surface area contributed by atoms with Gasteiger partial charge in [0.2, 0.25) is 0 Å². The molecule has 0 spiro atoms. The van der Waals surface area contributed by atoms with Crippen LogP contribution in [0.25, 0.3) is 0 Å². The average molecular weight is 283 g/mol. The largest absolute Gasteiger partial charge is 0.466 e. The number of hydrogen-bond donors (Lipinski definition) is 0. The Labute approximate surface area is 111 Å². The van der Waals surface area contributed by atoms with Crippen LogP contribution in [0.5, 0.6) is 0 Å². The van der Waals surface area contributed by atoms with Crippen molar-refractivity contribution in [2.75, 3.05) is 14.2 Å². The lowest BCUT2D eigenvalue weighted by atomic mass is 10.4. The zero-order chi connectivity index (χ0) is 14.4. The van der Waals surface area contributed by atoms with Crippen molar-refractivity contribution >= 4 is 35.1 Å². The Hall–Kier alpha value is -1.26. The van der Waals surface area contributed by atoms with Crippen LogP contribution in [-0.4, -0.2) is 26.2 Å². The van der Waals surface area contributed by atoms with Crippen LogP contribution in [0.3, 0.4) is 0 Å². The molecule has 0 aromatic carbocycles. The van der Waals surface area contributed by atoms with E-state index in [2.05, 4.69) is 29.2 Å². The predicted molar refractivity (Wildman–Crippen MR) is 69.9 cm³/mol. The van der Waals surface area contributed by atoms with Crippen LogP contribution >= 0.6 is 23.2 Å². The van der Waals surface area contributed by atoms with Crippen molar-refractivity contribution in [3.8, 4) is 0 Å². The molecule has 0 unspecified atom stereocenters. The second kappa shape index (κ2) is 14.7.